The zero-order valence-electron chi connectivity index (χ0n) is 13.8. The van der Waals surface area contributed by atoms with Gasteiger partial charge in [-0.15, -0.1) is 0 Å². The number of anilines is 1. The summed E-state index contributed by atoms with van der Waals surface area (Å²) in [5.41, 5.74) is 1.01. The highest BCUT2D eigenvalue weighted by molar-refractivity contribution is 5.90. The number of aryl methyl sites for hydroxylation is 1. The Morgan fingerprint density at radius 3 is 2.31 bits per heavy atom. The van der Waals surface area contributed by atoms with Gasteiger partial charge in [-0.1, -0.05) is 30.3 Å². The number of rotatable bonds is 7. The number of carbonyl (C=O) groups is 2. The van der Waals surface area contributed by atoms with Crippen LogP contribution >= 0.6 is 0 Å². The highest BCUT2D eigenvalue weighted by Gasteiger charge is 2.30. The first kappa shape index (κ1) is 19.5. The first-order chi connectivity index (χ1) is 12.2. The first-order valence-corrected chi connectivity index (χ1v) is 8.01. The molecule has 0 aromatic heterocycles. The van der Waals surface area contributed by atoms with Crippen LogP contribution in [0.5, 0.6) is 0 Å². The van der Waals surface area contributed by atoms with Crippen molar-refractivity contribution in [3.05, 3.63) is 65.2 Å². The highest BCUT2D eigenvalue weighted by atomic mass is 19.4. The Labute approximate surface area is 148 Å². The Hall–Kier alpha value is -2.83. The van der Waals surface area contributed by atoms with Gasteiger partial charge < -0.3 is 10.4 Å². The molecule has 1 amide bonds. The molecular formula is C19H18F3NO3. The first-order valence-electron chi connectivity index (χ1n) is 8.01. The molecule has 7 heteroatoms. The topological polar surface area (TPSA) is 66.4 Å². The van der Waals surface area contributed by atoms with Crippen LogP contribution in [0.1, 0.15) is 29.5 Å². The van der Waals surface area contributed by atoms with Crippen LogP contribution in [0.3, 0.4) is 0 Å². The van der Waals surface area contributed by atoms with Crippen molar-refractivity contribution in [1.82, 2.24) is 0 Å². The lowest BCUT2D eigenvalue weighted by molar-refractivity contribution is -0.138. The zero-order valence-corrected chi connectivity index (χ0v) is 13.8. The smallest absolute Gasteiger partial charge is 0.416 e. The molecule has 0 saturated heterocycles. The second-order valence-electron chi connectivity index (χ2n) is 5.87. The molecule has 0 radical (unpaired) electrons. The molecule has 0 spiro atoms. The Morgan fingerprint density at radius 2 is 1.69 bits per heavy atom. The molecule has 0 saturated carbocycles. The lowest BCUT2D eigenvalue weighted by atomic mass is 10.0. The minimum absolute atomic E-state index is 0.0920. The molecule has 0 fully saturated rings. The van der Waals surface area contributed by atoms with Gasteiger partial charge in [0.2, 0.25) is 5.91 Å². The van der Waals surface area contributed by atoms with E-state index in [1.165, 1.54) is 6.07 Å². The molecule has 0 atom stereocenters. The summed E-state index contributed by atoms with van der Waals surface area (Å²) in [5.74, 6) is -1.18. The van der Waals surface area contributed by atoms with Crippen molar-refractivity contribution in [3.8, 4) is 0 Å². The van der Waals surface area contributed by atoms with Gasteiger partial charge in [0.1, 0.15) is 0 Å². The number of alkyl halides is 3. The van der Waals surface area contributed by atoms with Crippen LogP contribution in [0.15, 0.2) is 48.5 Å². The largest absolute Gasteiger partial charge is 0.481 e. The van der Waals surface area contributed by atoms with Crippen molar-refractivity contribution in [1.29, 1.82) is 0 Å². The quantitative estimate of drug-likeness (QED) is 0.769. The number of hydrogen-bond acceptors (Lipinski definition) is 2. The van der Waals surface area contributed by atoms with Gasteiger partial charge in [-0.25, -0.2) is 0 Å². The van der Waals surface area contributed by atoms with Crippen molar-refractivity contribution in [2.45, 2.75) is 31.9 Å². The Morgan fingerprint density at radius 1 is 1.00 bits per heavy atom. The lowest BCUT2D eigenvalue weighted by Gasteiger charge is -2.09. The van der Waals surface area contributed by atoms with Crippen molar-refractivity contribution in [3.63, 3.8) is 0 Å². The number of nitrogens with one attached hydrogen (secondary N) is 1. The van der Waals surface area contributed by atoms with Crippen LogP contribution < -0.4 is 5.32 Å². The molecule has 0 bridgehead atoms. The predicted octanol–water partition coefficient (Wildman–Crippen LogP) is 4.29. The number of carbonyl (C=O) groups excluding carboxylic acids is 1. The molecule has 0 aliphatic carbocycles. The summed E-state index contributed by atoms with van der Waals surface area (Å²) < 4.78 is 38.0. The number of aliphatic carboxylic acids is 1. The van der Waals surface area contributed by atoms with E-state index < -0.39 is 17.7 Å². The van der Waals surface area contributed by atoms with E-state index in [0.717, 1.165) is 12.1 Å². The summed E-state index contributed by atoms with van der Waals surface area (Å²) >= 11 is 0. The van der Waals surface area contributed by atoms with Crippen LogP contribution in [-0.4, -0.2) is 17.0 Å². The lowest BCUT2D eigenvalue weighted by Crippen LogP contribution is -2.11. The van der Waals surface area contributed by atoms with Crippen molar-refractivity contribution in [2.24, 2.45) is 0 Å². The summed E-state index contributed by atoms with van der Waals surface area (Å²) in [7, 11) is 0. The number of halogens is 3. The number of hydrogen-bond donors (Lipinski definition) is 2. The van der Waals surface area contributed by atoms with Gasteiger partial charge in [0.25, 0.3) is 0 Å². The summed E-state index contributed by atoms with van der Waals surface area (Å²) in [6, 6.07) is 11.5. The van der Waals surface area contributed by atoms with Crippen LogP contribution in [0, 0.1) is 0 Å². The van der Waals surface area contributed by atoms with Gasteiger partial charge in [-0.05, 0) is 42.2 Å². The Kier molecular flexibility index (Phi) is 6.38. The van der Waals surface area contributed by atoms with Gasteiger partial charge in [0.15, 0.2) is 0 Å². The Balaban J connectivity index is 1.81. The fourth-order valence-corrected chi connectivity index (χ4v) is 2.46. The van der Waals surface area contributed by atoms with Crippen LogP contribution in [-0.2, 0) is 28.6 Å². The second-order valence-corrected chi connectivity index (χ2v) is 5.87. The van der Waals surface area contributed by atoms with Crippen molar-refractivity contribution < 1.29 is 27.9 Å². The van der Waals surface area contributed by atoms with E-state index in [4.69, 9.17) is 5.11 Å². The summed E-state index contributed by atoms with van der Waals surface area (Å²) in [4.78, 5) is 22.5. The maximum atomic E-state index is 12.7. The average Bonchev–Trinajstić information content (AvgIpc) is 2.56. The third-order valence-corrected chi connectivity index (χ3v) is 3.72. The van der Waals surface area contributed by atoms with Gasteiger partial charge in [0.05, 0.1) is 12.0 Å². The normalized spacial score (nSPS) is 11.2. The number of carboxylic acid groups (broad SMARTS) is 1. The van der Waals surface area contributed by atoms with E-state index >= 15 is 0 Å². The third-order valence-electron chi connectivity index (χ3n) is 3.72. The van der Waals surface area contributed by atoms with Crippen molar-refractivity contribution in [2.75, 3.05) is 5.32 Å². The van der Waals surface area contributed by atoms with Crippen LogP contribution in [0.4, 0.5) is 18.9 Å². The molecule has 0 heterocycles. The molecular weight excluding hydrogens is 347 g/mol. The van der Waals surface area contributed by atoms with E-state index in [0.29, 0.717) is 29.7 Å². The van der Waals surface area contributed by atoms with Gasteiger partial charge in [-0.3, -0.25) is 9.59 Å². The van der Waals surface area contributed by atoms with E-state index in [2.05, 4.69) is 5.32 Å². The minimum atomic E-state index is -4.37. The molecule has 2 aromatic carbocycles. The van der Waals surface area contributed by atoms with Gasteiger partial charge >= 0.3 is 12.1 Å². The maximum absolute atomic E-state index is 12.7. The number of amides is 1. The van der Waals surface area contributed by atoms with E-state index in [1.807, 2.05) is 0 Å². The predicted molar refractivity (Wildman–Crippen MR) is 90.8 cm³/mol. The van der Waals surface area contributed by atoms with Crippen molar-refractivity contribution >= 4 is 17.6 Å². The summed E-state index contributed by atoms with van der Waals surface area (Å²) in [6.45, 7) is 0. The molecule has 4 nitrogen and oxygen atoms in total. The molecule has 0 unspecified atom stereocenters. The summed E-state index contributed by atoms with van der Waals surface area (Å²) in [6.07, 6.45) is -3.50. The second kappa shape index (κ2) is 8.51. The van der Waals surface area contributed by atoms with Gasteiger partial charge in [-0.2, -0.15) is 13.2 Å². The molecule has 0 aliphatic rings. The minimum Gasteiger partial charge on any atom is -0.481 e. The number of carboxylic acids is 1. The molecule has 0 aliphatic heterocycles. The van der Waals surface area contributed by atoms with Crippen LogP contribution in [0.2, 0.25) is 0 Å². The van der Waals surface area contributed by atoms with Crippen LogP contribution in [0.25, 0.3) is 0 Å². The highest BCUT2D eigenvalue weighted by Crippen LogP contribution is 2.29. The SMILES string of the molecule is O=C(O)Cc1ccc(NC(=O)CCCc2cccc(C(F)(F)F)c2)cc1. The van der Waals surface area contributed by atoms with Gasteiger partial charge in [0, 0.05) is 12.1 Å². The third kappa shape index (κ3) is 6.23. The monoisotopic (exact) mass is 365 g/mol. The fraction of sp³-hybridized carbons (Fsp3) is 0.263. The molecule has 26 heavy (non-hydrogen) atoms. The molecule has 138 valence electrons. The van der Waals surface area contributed by atoms with E-state index in [-0.39, 0.29) is 18.7 Å². The fourth-order valence-electron chi connectivity index (χ4n) is 2.46. The average molecular weight is 365 g/mol. The zero-order chi connectivity index (χ0) is 19.2. The number of benzene rings is 2. The molecule has 2 aromatic rings. The van der Waals surface area contributed by atoms with E-state index in [1.54, 1.807) is 30.3 Å². The Bertz CT molecular complexity index is 770. The maximum Gasteiger partial charge on any atom is 0.416 e. The molecule has 2 rings (SSSR count). The summed E-state index contributed by atoms with van der Waals surface area (Å²) in [5, 5.41) is 11.4. The molecule has 2 N–H and O–H groups in total. The standard InChI is InChI=1S/C19H18F3NO3/c20-19(21,22)15-5-1-3-13(11-15)4-2-6-17(24)23-16-9-7-14(8-10-16)12-18(25)26/h1,3,5,7-11H,2,4,6,12H2,(H,23,24)(H,25,26). The van der Waals surface area contributed by atoms with E-state index in [9.17, 15) is 22.8 Å².